The van der Waals surface area contributed by atoms with E-state index in [0.717, 1.165) is 43.6 Å². The topological polar surface area (TPSA) is 70.4 Å². The van der Waals surface area contributed by atoms with E-state index in [1.54, 1.807) is 6.33 Å². The van der Waals surface area contributed by atoms with Crippen LogP contribution >= 0.6 is 0 Å². The molecule has 1 unspecified atom stereocenters. The van der Waals surface area contributed by atoms with Gasteiger partial charge in [0.2, 0.25) is 0 Å². The van der Waals surface area contributed by atoms with Gasteiger partial charge < -0.3 is 15.5 Å². The Morgan fingerprint density at radius 3 is 2.92 bits per heavy atom. The van der Waals surface area contributed by atoms with Gasteiger partial charge in [0.15, 0.2) is 5.96 Å². The summed E-state index contributed by atoms with van der Waals surface area (Å²) in [6, 6.07) is 0.373. The van der Waals surface area contributed by atoms with Crippen molar-refractivity contribution in [2.24, 2.45) is 10.9 Å². The van der Waals surface area contributed by atoms with Crippen molar-refractivity contribution in [2.45, 2.75) is 51.6 Å². The number of rotatable bonds is 5. The van der Waals surface area contributed by atoms with Gasteiger partial charge in [-0.3, -0.25) is 4.99 Å². The highest BCUT2D eigenvalue weighted by Gasteiger charge is 2.21. The molecule has 0 amide bonds. The minimum Gasteiger partial charge on any atom is -0.356 e. The molecule has 134 valence electrons. The fourth-order valence-corrected chi connectivity index (χ4v) is 3.73. The molecule has 1 saturated heterocycles. The lowest BCUT2D eigenvalue weighted by Crippen LogP contribution is -2.47. The standard InChI is InChI=1S/C17H31N7/c1-3-23-10-7-14(8-11-23)6-9-19-17(18-2)22-15-4-5-16-20-13-21-24(16)12-15/h13-15H,3-12H2,1-2H3,(H2,18,19,22). The summed E-state index contributed by atoms with van der Waals surface area (Å²) in [5.74, 6) is 2.86. The van der Waals surface area contributed by atoms with Crippen molar-refractivity contribution in [2.75, 3.05) is 33.2 Å². The molecular weight excluding hydrogens is 302 g/mol. The van der Waals surface area contributed by atoms with Crippen molar-refractivity contribution in [1.29, 1.82) is 0 Å². The predicted molar refractivity (Wildman–Crippen MR) is 96.1 cm³/mol. The van der Waals surface area contributed by atoms with Gasteiger partial charge in [0.1, 0.15) is 12.2 Å². The molecule has 24 heavy (non-hydrogen) atoms. The molecular formula is C17H31N7. The number of aromatic nitrogens is 3. The van der Waals surface area contributed by atoms with Crippen LogP contribution in [-0.4, -0.2) is 64.9 Å². The highest BCUT2D eigenvalue weighted by atomic mass is 15.4. The lowest BCUT2D eigenvalue weighted by Gasteiger charge is -2.31. The lowest BCUT2D eigenvalue weighted by atomic mass is 9.93. The Morgan fingerprint density at radius 1 is 1.33 bits per heavy atom. The molecule has 0 spiro atoms. The fourth-order valence-electron chi connectivity index (χ4n) is 3.73. The largest absolute Gasteiger partial charge is 0.356 e. The molecule has 0 aromatic carbocycles. The number of nitrogens with one attached hydrogen (secondary N) is 2. The summed E-state index contributed by atoms with van der Waals surface area (Å²) in [7, 11) is 1.85. The first-order chi connectivity index (χ1) is 11.8. The maximum atomic E-state index is 4.37. The van der Waals surface area contributed by atoms with E-state index >= 15 is 0 Å². The Labute approximate surface area is 144 Å². The SMILES string of the molecule is CCN1CCC(CCNC(=NC)NC2CCc3ncnn3C2)CC1. The molecule has 1 atom stereocenters. The number of aliphatic imine (C=N–C) groups is 1. The first-order valence-corrected chi connectivity index (χ1v) is 9.34. The molecule has 3 rings (SSSR count). The van der Waals surface area contributed by atoms with Gasteiger partial charge in [0.25, 0.3) is 0 Å². The average Bonchev–Trinajstić information content (AvgIpc) is 3.09. The molecule has 2 N–H and O–H groups in total. The van der Waals surface area contributed by atoms with Crippen molar-refractivity contribution in [3.63, 3.8) is 0 Å². The summed E-state index contributed by atoms with van der Waals surface area (Å²) >= 11 is 0. The Morgan fingerprint density at radius 2 is 2.17 bits per heavy atom. The summed E-state index contributed by atoms with van der Waals surface area (Å²) in [5.41, 5.74) is 0. The molecule has 1 aromatic heterocycles. The summed E-state index contributed by atoms with van der Waals surface area (Å²) in [4.78, 5) is 11.2. The number of hydrogen-bond donors (Lipinski definition) is 2. The number of hydrogen-bond acceptors (Lipinski definition) is 4. The second-order valence-corrected chi connectivity index (χ2v) is 6.90. The van der Waals surface area contributed by atoms with Gasteiger partial charge in [-0.15, -0.1) is 0 Å². The molecule has 2 aliphatic rings. The molecule has 1 fully saturated rings. The van der Waals surface area contributed by atoms with Gasteiger partial charge in [0, 0.05) is 26.1 Å². The predicted octanol–water partition coefficient (Wildman–Crippen LogP) is 0.880. The van der Waals surface area contributed by atoms with Crippen molar-refractivity contribution in [1.82, 2.24) is 30.3 Å². The number of guanidine groups is 1. The zero-order valence-electron chi connectivity index (χ0n) is 15.0. The van der Waals surface area contributed by atoms with Crippen LogP contribution in [0.4, 0.5) is 0 Å². The molecule has 0 bridgehead atoms. The quantitative estimate of drug-likeness (QED) is 0.618. The zero-order chi connectivity index (χ0) is 16.8. The third-order valence-electron chi connectivity index (χ3n) is 5.37. The zero-order valence-corrected chi connectivity index (χ0v) is 15.0. The van der Waals surface area contributed by atoms with Crippen LogP contribution in [0.15, 0.2) is 11.3 Å². The van der Waals surface area contributed by atoms with Crippen LogP contribution in [0.2, 0.25) is 0 Å². The van der Waals surface area contributed by atoms with Crippen LogP contribution < -0.4 is 10.6 Å². The highest BCUT2D eigenvalue weighted by molar-refractivity contribution is 5.79. The van der Waals surface area contributed by atoms with Gasteiger partial charge in [-0.05, 0) is 51.2 Å². The molecule has 3 heterocycles. The molecule has 0 aliphatic carbocycles. The molecule has 7 heteroatoms. The summed E-state index contributed by atoms with van der Waals surface area (Å²) < 4.78 is 2.00. The van der Waals surface area contributed by atoms with Crippen molar-refractivity contribution >= 4 is 5.96 Å². The van der Waals surface area contributed by atoms with Crippen molar-refractivity contribution < 1.29 is 0 Å². The molecule has 2 aliphatic heterocycles. The Hall–Kier alpha value is -1.63. The first kappa shape index (κ1) is 17.2. The summed E-state index contributed by atoms with van der Waals surface area (Å²) in [6.45, 7) is 7.83. The third-order valence-corrected chi connectivity index (χ3v) is 5.37. The van der Waals surface area contributed by atoms with E-state index < -0.39 is 0 Å². The average molecular weight is 333 g/mol. The normalized spacial score (nSPS) is 23.1. The van der Waals surface area contributed by atoms with Crippen molar-refractivity contribution in [3.8, 4) is 0 Å². The van der Waals surface area contributed by atoms with Crippen molar-refractivity contribution in [3.05, 3.63) is 12.2 Å². The second kappa shape index (κ2) is 8.46. The van der Waals surface area contributed by atoms with E-state index in [4.69, 9.17) is 0 Å². The van der Waals surface area contributed by atoms with E-state index in [1.165, 1.54) is 38.9 Å². The minimum absolute atomic E-state index is 0.373. The molecule has 7 nitrogen and oxygen atoms in total. The van der Waals surface area contributed by atoms with Gasteiger partial charge in [-0.25, -0.2) is 9.67 Å². The van der Waals surface area contributed by atoms with E-state index in [1.807, 2.05) is 11.7 Å². The van der Waals surface area contributed by atoms with Crippen LogP contribution in [0.5, 0.6) is 0 Å². The molecule has 0 saturated carbocycles. The summed E-state index contributed by atoms with van der Waals surface area (Å²) in [6.07, 6.45) is 7.60. The van der Waals surface area contributed by atoms with Gasteiger partial charge in [-0.1, -0.05) is 6.92 Å². The molecule has 1 aromatic rings. The molecule has 0 radical (unpaired) electrons. The number of piperidine rings is 1. The van der Waals surface area contributed by atoms with Gasteiger partial charge >= 0.3 is 0 Å². The first-order valence-electron chi connectivity index (χ1n) is 9.34. The highest BCUT2D eigenvalue weighted by Crippen LogP contribution is 2.19. The van der Waals surface area contributed by atoms with Crippen LogP contribution in [0.1, 0.15) is 38.4 Å². The van der Waals surface area contributed by atoms with E-state index in [2.05, 4.69) is 37.5 Å². The van der Waals surface area contributed by atoms with Gasteiger partial charge in [-0.2, -0.15) is 5.10 Å². The fraction of sp³-hybridized carbons (Fsp3) is 0.824. The van der Waals surface area contributed by atoms with Crippen LogP contribution in [0.25, 0.3) is 0 Å². The van der Waals surface area contributed by atoms with Gasteiger partial charge in [0.05, 0.1) is 6.54 Å². The smallest absolute Gasteiger partial charge is 0.191 e. The Kier molecular flexibility index (Phi) is 6.07. The number of nitrogens with zero attached hydrogens (tertiary/aromatic N) is 5. The van der Waals surface area contributed by atoms with E-state index in [9.17, 15) is 0 Å². The van der Waals surface area contributed by atoms with E-state index in [0.29, 0.717) is 6.04 Å². The summed E-state index contributed by atoms with van der Waals surface area (Å²) in [5, 5.41) is 11.3. The second-order valence-electron chi connectivity index (χ2n) is 6.90. The third kappa shape index (κ3) is 4.47. The van der Waals surface area contributed by atoms with Crippen LogP contribution in [0, 0.1) is 5.92 Å². The minimum atomic E-state index is 0.373. The maximum absolute atomic E-state index is 4.37. The number of fused-ring (bicyclic) bond motifs is 1. The van der Waals surface area contributed by atoms with Crippen LogP contribution in [-0.2, 0) is 13.0 Å². The monoisotopic (exact) mass is 333 g/mol. The lowest BCUT2D eigenvalue weighted by molar-refractivity contribution is 0.187. The van der Waals surface area contributed by atoms with E-state index in [-0.39, 0.29) is 0 Å². The Balaban J connectivity index is 1.37. The Bertz CT molecular complexity index is 531. The number of likely N-dealkylation sites (tertiary alicyclic amines) is 1. The number of aryl methyl sites for hydroxylation is 1. The van der Waals surface area contributed by atoms with Crippen LogP contribution in [0.3, 0.4) is 0 Å². The maximum Gasteiger partial charge on any atom is 0.191 e.